The molecule has 0 radical (unpaired) electrons. The summed E-state index contributed by atoms with van der Waals surface area (Å²) >= 11 is 0. The maximum absolute atomic E-state index is 14.2. The number of hydrogen-bond donors (Lipinski definition) is 2. The summed E-state index contributed by atoms with van der Waals surface area (Å²) in [6, 6.07) is 4.29. The second kappa shape index (κ2) is 7.75. The van der Waals surface area contributed by atoms with Gasteiger partial charge in [-0.2, -0.15) is 0 Å². The molecule has 24 heavy (non-hydrogen) atoms. The van der Waals surface area contributed by atoms with Gasteiger partial charge in [0.2, 0.25) is 5.91 Å². The van der Waals surface area contributed by atoms with E-state index in [0.717, 1.165) is 6.42 Å². The molecule has 3 N–H and O–H groups in total. The van der Waals surface area contributed by atoms with Crippen molar-refractivity contribution >= 4 is 17.5 Å². The molecule has 5 nitrogen and oxygen atoms in total. The van der Waals surface area contributed by atoms with Crippen molar-refractivity contribution in [3.8, 4) is 0 Å². The standard InChI is InChI=1S/C18H26FN3O2/c1-11(2)6-17(23)21-16-5-4-14(8-15(16)19)18(24)22-10-13(9-20)7-12(22)3/h4-5,8,11-13H,6-7,9-10,20H2,1-3H3,(H,21,23). The van der Waals surface area contributed by atoms with Gasteiger partial charge >= 0.3 is 0 Å². The van der Waals surface area contributed by atoms with Gasteiger partial charge in [0, 0.05) is 24.6 Å². The molecule has 1 aliphatic rings. The Kier molecular flexibility index (Phi) is 5.94. The molecule has 1 saturated heterocycles. The van der Waals surface area contributed by atoms with E-state index in [1.54, 1.807) is 11.0 Å². The molecule has 0 saturated carbocycles. The molecule has 0 bridgehead atoms. The van der Waals surface area contributed by atoms with Gasteiger partial charge in [-0.3, -0.25) is 9.59 Å². The lowest BCUT2D eigenvalue weighted by Gasteiger charge is -2.22. The average Bonchev–Trinajstić information content (AvgIpc) is 2.89. The van der Waals surface area contributed by atoms with Crippen LogP contribution in [0.5, 0.6) is 0 Å². The molecule has 1 aromatic carbocycles. The minimum Gasteiger partial charge on any atom is -0.336 e. The third-order valence-electron chi connectivity index (χ3n) is 4.34. The molecule has 1 heterocycles. The normalized spacial score (nSPS) is 20.5. The summed E-state index contributed by atoms with van der Waals surface area (Å²) < 4.78 is 14.2. The zero-order valence-electron chi connectivity index (χ0n) is 14.5. The maximum Gasteiger partial charge on any atom is 0.254 e. The first-order valence-corrected chi connectivity index (χ1v) is 8.42. The van der Waals surface area contributed by atoms with Crippen molar-refractivity contribution in [3.05, 3.63) is 29.6 Å². The van der Waals surface area contributed by atoms with Gasteiger partial charge < -0.3 is 16.0 Å². The number of rotatable bonds is 5. The highest BCUT2D eigenvalue weighted by Crippen LogP contribution is 2.25. The van der Waals surface area contributed by atoms with E-state index in [-0.39, 0.29) is 29.5 Å². The van der Waals surface area contributed by atoms with Crippen molar-refractivity contribution in [3.63, 3.8) is 0 Å². The van der Waals surface area contributed by atoms with E-state index >= 15 is 0 Å². The van der Waals surface area contributed by atoms with Crippen LogP contribution in [0.15, 0.2) is 18.2 Å². The first-order chi connectivity index (χ1) is 11.3. The van der Waals surface area contributed by atoms with Crippen molar-refractivity contribution in [1.29, 1.82) is 0 Å². The number of hydrogen-bond acceptors (Lipinski definition) is 3. The molecule has 0 spiro atoms. The molecule has 2 atom stereocenters. The number of likely N-dealkylation sites (tertiary alicyclic amines) is 1. The molecule has 2 amide bonds. The Morgan fingerprint density at radius 1 is 1.42 bits per heavy atom. The Morgan fingerprint density at radius 3 is 2.67 bits per heavy atom. The van der Waals surface area contributed by atoms with Gasteiger partial charge in [-0.25, -0.2) is 4.39 Å². The van der Waals surface area contributed by atoms with Crippen molar-refractivity contribution in [1.82, 2.24) is 4.90 Å². The molecule has 2 rings (SSSR count). The van der Waals surface area contributed by atoms with Gasteiger partial charge in [0.1, 0.15) is 5.82 Å². The van der Waals surface area contributed by atoms with Gasteiger partial charge in [0.15, 0.2) is 0 Å². The lowest BCUT2D eigenvalue weighted by atomic mass is 10.1. The molecule has 2 unspecified atom stereocenters. The minimum atomic E-state index is -0.597. The highest BCUT2D eigenvalue weighted by Gasteiger charge is 2.32. The van der Waals surface area contributed by atoms with Crippen molar-refractivity contribution in [2.75, 3.05) is 18.4 Å². The summed E-state index contributed by atoms with van der Waals surface area (Å²) in [5, 5.41) is 2.55. The number of anilines is 1. The Balaban J connectivity index is 2.09. The zero-order chi connectivity index (χ0) is 17.9. The third-order valence-corrected chi connectivity index (χ3v) is 4.34. The second-order valence-corrected chi connectivity index (χ2v) is 6.98. The van der Waals surface area contributed by atoms with Crippen LogP contribution < -0.4 is 11.1 Å². The lowest BCUT2D eigenvalue weighted by molar-refractivity contribution is -0.116. The van der Waals surface area contributed by atoms with Crippen molar-refractivity contribution < 1.29 is 14.0 Å². The monoisotopic (exact) mass is 335 g/mol. The first-order valence-electron chi connectivity index (χ1n) is 8.42. The smallest absolute Gasteiger partial charge is 0.254 e. The van der Waals surface area contributed by atoms with Crippen LogP contribution in [0.25, 0.3) is 0 Å². The van der Waals surface area contributed by atoms with Crippen LogP contribution in [0.2, 0.25) is 0 Å². The number of carbonyl (C=O) groups is 2. The number of halogens is 1. The fourth-order valence-corrected chi connectivity index (χ4v) is 3.08. The summed E-state index contributed by atoms with van der Waals surface area (Å²) in [4.78, 5) is 26.1. The molecule has 0 aromatic heterocycles. The van der Waals surface area contributed by atoms with Gasteiger partial charge in [-0.15, -0.1) is 0 Å². The van der Waals surface area contributed by atoms with E-state index < -0.39 is 5.82 Å². The maximum atomic E-state index is 14.2. The molecule has 1 fully saturated rings. The summed E-state index contributed by atoms with van der Waals surface area (Å²) in [5.41, 5.74) is 6.08. The molecular weight excluding hydrogens is 309 g/mol. The van der Waals surface area contributed by atoms with Gasteiger partial charge in [0.25, 0.3) is 5.91 Å². The molecule has 0 aliphatic carbocycles. The largest absolute Gasteiger partial charge is 0.336 e. The van der Waals surface area contributed by atoms with E-state index in [1.807, 2.05) is 20.8 Å². The molecule has 132 valence electrons. The fraction of sp³-hybridized carbons (Fsp3) is 0.556. The lowest BCUT2D eigenvalue weighted by Crippen LogP contribution is -2.34. The summed E-state index contributed by atoms with van der Waals surface area (Å²) in [5.74, 6) is -0.538. The van der Waals surface area contributed by atoms with Gasteiger partial charge in [0.05, 0.1) is 5.69 Å². The Labute approximate surface area is 142 Å². The van der Waals surface area contributed by atoms with E-state index in [1.165, 1.54) is 12.1 Å². The van der Waals surface area contributed by atoms with Crippen LogP contribution >= 0.6 is 0 Å². The van der Waals surface area contributed by atoms with Crippen molar-refractivity contribution in [2.24, 2.45) is 17.6 Å². The van der Waals surface area contributed by atoms with Crippen LogP contribution in [0.4, 0.5) is 10.1 Å². The van der Waals surface area contributed by atoms with Crippen LogP contribution in [-0.4, -0.2) is 35.8 Å². The second-order valence-electron chi connectivity index (χ2n) is 6.98. The number of nitrogens with one attached hydrogen (secondary N) is 1. The average molecular weight is 335 g/mol. The number of amides is 2. The minimum absolute atomic E-state index is 0.0968. The van der Waals surface area contributed by atoms with E-state index in [2.05, 4.69) is 5.32 Å². The number of nitrogens with zero attached hydrogens (tertiary/aromatic N) is 1. The predicted octanol–water partition coefficient (Wildman–Crippen LogP) is 2.62. The molecular formula is C18H26FN3O2. The Morgan fingerprint density at radius 2 is 2.12 bits per heavy atom. The highest BCUT2D eigenvalue weighted by atomic mass is 19.1. The van der Waals surface area contributed by atoms with Crippen molar-refractivity contribution in [2.45, 2.75) is 39.7 Å². The number of nitrogens with two attached hydrogens (primary N) is 1. The number of carbonyl (C=O) groups excluding carboxylic acids is 2. The van der Waals surface area contributed by atoms with Gasteiger partial charge in [-0.05, 0) is 49.9 Å². The topological polar surface area (TPSA) is 75.4 Å². The zero-order valence-corrected chi connectivity index (χ0v) is 14.5. The first kappa shape index (κ1) is 18.4. The summed E-state index contributed by atoms with van der Waals surface area (Å²) in [7, 11) is 0. The quantitative estimate of drug-likeness (QED) is 0.868. The molecule has 6 heteroatoms. The van der Waals surface area contributed by atoms with Crippen LogP contribution in [0.1, 0.15) is 44.0 Å². The fourth-order valence-electron chi connectivity index (χ4n) is 3.08. The van der Waals surface area contributed by atoms with Gasteiger partial charge in [-0.1, -0.05) is 13.8 Å². The van der Waals surface area contributed by atoms with E-state index in [0.29, 0.717) is 31.0 Å². The Bertz CT molecular complexity index is 618. The summed E-state index contributed by atoms with van der Waals surface area (Å²) in [6.07, 6.45) is 1.19. The van der Waals surface area contributed by atoms with Crippen LogP contribution in [0, 0.1) is 17.7 Å². The van der Waals surface area contributed by atoms with E-state index in [4.69, 9.17) is 5.73 Å². The predicted molar refractivity (Wildman–Crippen MR) is 92.1 cm³/mol. The number of benzene rings is 1. The molecule has 1 aromatic rings. The SMILES string of the molecule is CC(C)CC(=O)Nc1ccc(C(=O)N2CC(CN)CC2C)cc1F. The highest BCUT2D eigenvalue weighted by molar-refractivity contribution is 5.96. The Hall–Kier alpha value is -1.95. The molecule has 1 aliphatic heterocycles. The van der Waals surface area contributed by atoms with E-state index in [9.17, 15) is 14.0 Å². The third kappa shape index (κ3) is 4.32. The summed E-state index contributed by atoms with van der Waals surface area (Å²) in [6.45, 7) is 6.96. The van der Waals surface area contributed by atoms with Crippen LogP contribution in [-0.2, 0) is 4.79 Å². The van der Waals surface area contributed by atoms with Crippen LogP contribution in [0.3, 0.4) is 0 Å².